The molecule has 0 aliphatic heterocycles. The van der Waals surface area contributed by atoms with Gasteiger partial charge in [-0.1, -0.05) is 115 Å². The standard InChI is InChI=1S/C31H22N2S/c1-21-18-19-23-15-10-20-32-28(23)29(21)33-30(24-13-6-3-7-14-24)27(22-11-4-2-5-12-22)25-16-8-9-17-26(25)31(33)34/h2-20H,1H3. The summed E-state index contributed by atoms with van der Waals surface area (Å²) in [6.07, 6.45) is 1.86. The number of nitrogens with zero attached hydrogens (tertiary/aromatic N) is 2. The van der Waals surface area contributed by atoms with Crippen LogP contribution >= 0.6 is 12.2 Å². The van der Waals surface area contributed by atoms with Crippen molar-refractivity contribution in [1.82, 2.24) is 9.55 Å². The summed E-state index contributed by atoms with van der Waals surface area (Å²) in [6.45, 7) is 2.14. The molecule has 0 bridgehead atoms. The third-order valence-corrected chi connectivity index (χ3v) is 6.78. The molecule has 6 rings (SSSR count). The third kappa shape index (κ3) is 3.25. The van der Waals surface area contributed by atoms with E-state index in [1.54, 1.807) is 0 Å². The van der Waals surface area contributed by atoms with Crippen LogP contribution in [0.25, 0.3) is 49.7 Å². The molecule has 0 unspecified atom stereocenters. The van der Waals surface area contributed by atoms with Crippen LogP contribution in [-0.4, -0.2) is 9.55 Å². The van der Waals surface area contributed by atoms with Crippen molar-refractivity contribution in [3.63, 3.8) is 0 Å². The molecule has 0 saturated carbocycles. The first kappa shape index (κ1) is 20.5. The number of aromatic nitrogens is 2. The van der Waals surface area contributed by atoms with Crippen LogP contribution in [0.5, 0.6) is 0 Å². The second-order valence-corrected chi connectivity index (χ2v) is 8.83. The van der Waals surface area contributed by atoms with E-state index in [0.29, 0.717) is 0 Å². The molecular formula is C31H22N2S. The number of pyridine rings is 2. The minimum atomic E-state index is 0.787. The molecule has 3 heteroatoms. The predicted molar refractivity (Wildman–Crippen MR) is 145 cm³/mol. The average Bonchev–Trinajstić information content (AvgIpc) is 2.90. The Morgan fingerprint density at radius 3 is 2.03 bits per heavy atom. The van der Waals surface area contributed by atoms with E-state index in [0.717, 1.165) is 54.4 Å². The van der Waals surface area contributed by atoms with Crippen molar-refractivity contribution >= 4 is 33.9 Å². The van der Waals surface area contributed by atoms with E-state index in [2.05, 4.69) is 115 Å². The highest BCUT2D eigenvalue weighted by Gasteiger charge is 2.21. The van der Waals surface area contributed by atoms with Gasteiger partial charge in [0, 0.05) is 22.5 Å². The smallest absolute Gasteiger partial charge is 0.118 e. The minimum Gasteiger partial charge on any atom is -0.297 e. The van der Waals surface area contributed by atoms with E-state index >= 15 is 0 Å². The molecule has 2 heterocycles. The Hall–Kier alpha value is -4.08. The van der Waals surface area contributed by atoms with E-state index in [1.165, 1.54) is 5.56 Å². The first-order chi connectivity index (χ1) is 16.7. The predicted octanol–water partition coefficient (Wildman–Crippen LogP) is 8.55. The van der Waals surface area contributed by atoms with Crippen molar-refractivity contribution in [3.05, 3.63) is 126 Å². The fourth-order valence-electron chi connectivity index (χ4n) is 4.84. The van der Waals surface area contributed by atoms with Gasteiger partial charge < -0.3 is 0 Å². The number of benzene rings is 4. The lowest BCUT2D eigenvalue weighted by atomic mass is 9.93. The summed E-state index contributed by atoms with van der Waals surface area (Å²) in [6, 6.07) is 38.0. The molecule has 0 aliphatic carbocycles. The van der Waals surface area contributed by atoms with Gasteiger partial charge in [0.2, 0.25) is 0 Å². The molecule has 0 atom stereocenters. The van der Waals surface area contributed by atoms with E-state index in [-0.39, 0.29) is 0 Å². The van der Waals surface area contributed by atoms with E-state index in [9.17, 15) is 0 Å². The van der Waals surface area contributed by atoms with Gasteiger partial charge in [0.25, 0.3) is 0 Å². The Labute approximate surface area is 203 Å². The van der Waals surface area contributed by atoms with Crippen LogP contribution in [-0.2, 0) is 0 Å². The molecule has 6 aromatic rings. The van der Waals surface area contributed by atoms with Gasteiger partial charge in [0.1, 0.15) is 4.64 Å². The highest BCUT2D eigenvalue weighted by molar-refractivity contribution is 7.71. The van der Waals surface area contributed by atoms with Gasteiger partial charge in [-0.25, -0.2) is 0 Å². The van der Waals surface area contributed by atoms with E-state index < -0.39 is 0 Å². The fraction of sp³-hybridized carbons (Fsp3) is 0.0323. The Morgan fingerprint density at radius 2 is 1.29 bits per heavy atom. The molecule has 0 radical (unpaired) electrons. The zero-order chi connectivity index (χ0) is 23.1. The summed E-state index contributed by atoms with van der Waals surface area (Å²) in [7, 11) is 0. The summed E-state index contributed by atoms with van der Waals surface area (Å²) < 4.78 is 3.04. The zero-order valence-electron chi connectivity index (χ0n) is 18.8. The SMILES string of the molecule is Cc1ccc2cccnc2c1-n1c(-c2ccccc2)c(-c2ccccc2)c2ccccc2c1=S. The number of rotatable bonds is 3. The molecule has 4 aromatic carbocycles. The van der Waals surface area contributed by atoms with Crippen molar-refractivity contribution in [1.29, 1.82) is 0 Å². The van der Waals surface area contributed by atoms with Crippen molar-refractivity contribution in [2.75, 3.05) is 0 Å². The van der Waals surface area contributed by atoms with Crippen LogP contribution in [0.2, 0.25) is 0 Å². The van der Waals surface area contributed by atoms with Gasteiger partial charge in [-0.05, 0) is 35.1 Å². The van der Waals surface area contributed by atoms with Crippen LogP contribution in [0.1, 0.15) is 5.56 Å². The quantitative estimate of drug-likeness (QED) is 0.249. The fourth-order valence-corrected chi connectivity index (χ4v) is 5.20. The molecule has 2 nitrogen and oxygen atoms in total. The second-order valence-electron chi connectivity index (χ2n) is 8.45. The first-order valence-corrected chi connectivity index (χ1v) is 11.8. The molecule has 162 valence electrons. The second kappa shape index (κ2) is 8.36. The van der Waals surface area contributed by atoms with Crippen molar-refractivity contribution in [2.45, 2.75) is 6.92 Å². The molecule has 0 spiro atoms. The Bertz CT molecular complexity index is 1720. The summed E-state index contributed by atoms with van der Waals surface area (Å²) >= 11 is 6.23. The highest BCUT2D eigenvalue weighted by atomic mass is 32.1. The lowest BCUT2D eigenvalue weighted by Gasteiger charge is -2.24. The van der Waals surface area contributed by atoms with Gasteiger partial charge >= 0.3 is 0 Å². The largest absolute Gasteiger partial charge is 0.297 e. The lowest BCUT2D eigenvalue weighted by Crippen LogP contribution is -2.08. The van der Waals surface area contributed by atoms with Crippen LogP contribution < -0.4 is 0 Å². The summed E-state index contributed by atoms with van der Waals surface area (Å²) in [5.41, 5.74) is 7.64. The maximum atomic E-state index is 6.23. The van der Waals surface area contributed by atoms with Gasteiger partial charge in [-0.3, -0.25) is 9.55 Å². The van der Waals surface area contributed by atoms with E-state index in [4.69, 9.17) is 17.2 Å². The topological polar surface area (TPSA) is 17.8 Å². The molecule has 0 saturated heterocycles. The molecule has 0 amide bonds. The van der Waals surface area contributed by atoms with Crippen molar-refractivity contribution < 1.29 is 0 Å². The Kier molecular flexibility index (Phi) is 5.05. The zero-order valence-corrected chi connectivity index (χ0v) is 19.6. The maximum absolute atomic E-state index is 6.23. The van der Waals surface area contributed by atoms with Gasteiger partial charge in [0.05, 0.1) is 16.9 Å². The number of fused-ring (bicyclic) bond motifs is 2. The number of hydrogen-bond acceptors (Lipinski definition) is 2. The number of hydrogen-bond donors (Lipinski definition) is 0. The molecule has 34 heavy (non-hydrogen) atoms. The normalized spacial score (nSPS) is 11.2. The van der Waals surface area contributed by atoms with Gasteiger partial charge in [0.15, 0.2) is 0 Å². The van der Waals surface area contributed by atoms with Crippen molar-refractivity contribution in [2.24, 2.45) is 0 Å². The lowest BCUT2D eigenvalue weighted by molar-refractivity contribution is 1.04. The molecule has 0 aliphatic rings. The van der Waals surface area contributed by atoms with Gasteiger partial charge in [-0.2, -0.15) is 0 Å². The van der Waals surface area contributed by atoms with Crippen LogP contribution in [0, 0.1) is 11.6 Å². The Morgan fingerprint density at radius 1 is 0.647 bits per heavy atom. The number of aryl methyl sites for hydroxylation is 1. The molecule has 2 aromatic heterocycles. The third-order valence-electron chi connectivity index (χ3n) is 6.37. The van der Waals surface area contributed by atoms with E-state index in [1.807, 2.05) is 12.3 Å². The van der Waals surface area contributed by atoms with Gasteiger partial charge in [-0.15, -0.1) is 0 Å². The van der Waals surface area contributed by atoms with Crippen molar-refractivity contribution in [3.8, 4) is 28.1 Å². The average molecular weight is 455 g/mol. The van der Waals surface area contributed by atoms with Crippen LogP contribution in [0.3, 0.4) is 0 Å². The monoisotopic (exact) mass is 454 g/mol. The molecule has 0 fully saturated rings. The summed E-state index contributed by atoms with van der Waals surface area (Å²) in [4.78, 5) is 4.81. The molecular weight excluding hydrogens is 432 g/mol. The summed E-state index contributed by atoms with van der Waals surface area (Å²) in [5.74, 6) is 0. The van der Waals surface area contributed by atoms with Crippen LogP contribution in [0.4, 0.5) is 0 Å². The maximum Gasteiger partial charge on any atom is 0.118 e. The summed E-state index contributed by atoms with van der Waals surface area (Å²) in [5, 5.41) is 3.31. The molecule has 0 N–H and O–H groups in total. The minimum absolute atomic E-state index is 0.787. The first-order valence-electron chi connectivity index (χ1n) is 11.4. The highest BCUT2D eigenvalue weighted by Crippen LogP contribution is 2.41. The van der Waals surface area contributed by atoms with Crippen LogP contribution in [0.15, 0.2) is 115 Å². The Balaban J connectivity index is 1.91.